The Labute approximate surface area is 215 Å². The molecule has 3 aromatic rings. The van der Waals surface area contributed by atoms with Crippen molar-refractivity contribution in [2.24, 2.45) is 16.8 Å². The van der Waals surface area contributed by atoms with Crippen LogP contribution in [0.3, 0.4) is 0 Å². The van der Waals surface area contributed by atoms with E-state index in [9.17, 15) is 0 Å². The third-order valence-corrected chi connectivity index (χ3v) is 3.28. The predicted molar refractivity (Wildman–Crippen MR) is 143 cm³/mol. The lowest BCUT2D eigenvalue weighted by molar-refractivity contribution is 0.311. The maximum absolute atomic E-state index is 8.27. The molecule has 0 aromatic heterocycles. The number of nitrogen functional groups attached to an aromatic ring is 1. The van der Waals surface area contributed by atoms with E-state index < -0.39 is 0 Å². The second-order valence-electron chi connectivity index (χ2n) is 5.89. The number of aliphatic hydroxyl groups excluding tert-OH is 1. The molecule has 0 heterocycles. The van der Waals surface area contributed by atoms with Crippen molar-refractivity contribution >= 4 is 27.5 Å². The number of nitrogens with zero attached hydrogens (tertiary/aromatic N) is 3. The maximum Gasteiger partial charge on any atom is 0.143 e. The third kappa shape index (κ3) is 28.0. The van der Waals surface area contributed by atoms with E-state index in [1.165, 1.54) is 0 Å². The van der Waals surface area contributed by atoms with Crippen LogP contribution in [0.5, 0.6) is 0 Å². The molecule has 9 nitrogen and oxygen atoms in total. The zero-order valence-electron chi connectivity index (χ0n) is 19.6. The average Bonchev–Trinajstić information content (AvgIpc) is 2.89. The molecule has 0 spiro atoms. The molecule has 3 aromatic carbocycles. The lowest BCUT2D eigenvalue weighted by Gasteiger charge is -1.96. The Morgan fingerprint density at radius 1 is 0.857 bits per heavy atom. The standard InChI is InChI=1S/C8H10N2O.C8H7N.C6H7N.C2H6O.CBrN.H3NO/c9-8(10-11)6-7-4-2-1-3-5-7;9-7-6-8-4-2-1-3-5-8;7-6-4-2-1-3-5-6;1-2-3;2-1-3;1-2/h1-5,11H,6H2,(H2,9,10);1-5H,6H2;1-5H,7H2;3H,2H2,1H3;;2H,1H2. The van der Waals surface area contributed by atoms with Crippen LogP contribution in [0.15, 0.2) is 96.2 Å². The smallest absolute Gasteiger partial charge is 0.143 e. The van der Waals surface area contributed by atoms with Crippen molar-refractivity contribution < 1.29 is 15.5 Å². The summed E-state index contributed by atoms with van der Waals surface area (Å²) < 4.78 is 0. The van der Waals surface area contributed by atoms with Gasteiger partial charge in [-0.25, -0.2) is 5.90 Å². The molecule has 0 radical (unpaired) electrons. The average molecular weight is 545 g/mol. The van der Waals surface area contributed by atoms with Crippen molar-refractivity contribution in [1.29, 1.82) is 10.5 Å². The third-order valence-electron chi connectivity index (χ3n) is 3.28. The Morgan fingerprint density at radius 3 is 1.49 bits per heavy atom. The van der Waals surface area contributed by atoms with Gasteiger partial charge in [0.05, 0.1) is 12.5 Å². The fourth-order valence-electron chi connectivity index (χ4n) is 1.98. The van der Waals surface area contributed by atoms with Crippen molar-refractivity contribution in [3.63, 3.8) is 0 Å². The molecule has 0 aliphatic rings. The second-order valence-corrected chi connectivity index (χ2v) is 6.24. The van der Waals surface area contributed by atoms with Gasteiger partial charge in [0.25, 0.3) is 0 Å². The number of para-hydroxylation sites is 1. The zero-order valence-corrected chi connectivity index (χ0v) is 21.2. The number of anilines is 1. The van der Waals surface area contributed by atoms with E-state index in [1.807, 2.05) is 91.0 Å². The van der Waals surface area contributed by atoms with Crippen molar-refractivity contribution in [1.82, 2.24) is 0 Å². The molecule has 0 unspecified atom stereocenters. The summed E-state index contributed by atoms with van der Waals surface area (Å²) in [5, 5.41) is 40.7. The van der Waals surface area contributed by atoms with Crippen LogP contribution >= 0.6 is 15.9 Å². The van der Waals surface area contributed by atoms with Gasteiger partial charge in [-0.3, -0.25) is 0 Å². The summed E-state index contributed by atoms with van der Waals surface area (Å²) in [7, 11) is 0. The molecular weight excluding hydrogens is 512 g/mol. The number of oxime groups is 1. The number of benzene rings is 3. The summed E-state index contributed by atoms with van der Waals surface area (Å²) >= 11 is 2.45. The summed E-state index contributed by atoms with van der Waals surface area (Å²) in [6.45, 7) is 1.93. The molecule has 3 rings (SSSR count). The number of rotatable bonds is 3. The Kier molecular flexibility index (Phi) is 30.6. The summed E-state index contributed by atoms with van der Waals surface area (Å²) in [4.78, 5) is 1.56. The summed E-state index contributed by atoms with van der Waals surface area (Å²) in [6, 6.07) is 30.9. The first kappa shape index (κ1) is 35.7. The number of hydrogen-bond acceptors (Lipinski definition) is 8. The molecule has 0 bridgehead atoms. The largest absolute Gasteiger partial charge is 0.409 e. The highest BCUT2D eigenvalue weighted by Gasteiger charge is 1.94. The Morgan fingerprint density at radius 2 is 1.20 bits per heavy atom. The molecule has 0 aliphatic heterocycles. The summed E-state index contributed by atoms with van der Waals surface area (Å²) in [5.74, 6) is 3.73. The van der Waals surface area contributed by atoms with Gasteiger partial charge in [-0.1, -0.05) is 84.0 Å². The Bertz CT molecular complexity index is 932. The van der Waals surface area contributed by atoms with Gasteiger partial charge < -0.3 is 27.0 Å². The SMILES string of the molecule is CCO.N#CBr.N#CCc1ccccc1.N/C(Cc1ccccc1)=N\O.NO.Nc1ccccc1. The minimum Gasteiger partial charge on any atom is -0.409 e. The van der Waals surface area contributed by atoms with Gasteiger partial charge in [0.2, 0.25) is 0 Å². The Balaban J connectivity index is -0.000000387. The van der Waals surface area contributed by atoms with Crippen LogP contribution in [0.1, 0.15) is 18.1 Å². The van der Waals surface area contributed by atoms with Crippen LogP contribution in [0, 0.1) is 21.6 Å². The fourth-order valence-corrected chi connectivity index (χ4v) is 1.98. The van der Waals surface area contributed by atoms with Crippen molar-refractivity contribution in [2.45, 2.75) is 19.8 Å². The first-order valence-corrected chi connectivity index (χ1v) is 10.9. The maximum atomic E-state index is 8.27. The molecule has 35 heavy (non-hydrogen) atoms. The van der Waals surface area contributed by atoms with Gasteiger partial charge in [-0.2, -0.15) is 10.5 Å². The van der Waals surface area contributed by atoms with Gasteiger partial charge in [-0.05, 0) is 30.2 Å². The Hall–Kier alpha value is -3.93. The lowest BCUT2D eigenvalue weighted by Crippen LogP contribution is -2.14. The van der Waals surface area contributed by atoms with Crippen LogP contribution in [0.2, 0.25) is 0 Å². The number of aliphatic hydroxyl groups is 1. The number of nitriles is 2. The van der Waals surface area contributed by atoms with Crippen LogP contribution in [0.4, 0.5) is 5.69 Å². The lowest BCUT2D eigenvalue weighted by atomic mass is 10.1. The second kappa shape index (κ2) is 30.1. The van der Waals surface area contributed by atoms with Crippen molar-refractivity contribution in [3.8, 4) is 11.0 Å². The van der Waals surface area contributed by atoms with Crippen LogP contribution in [0.25, 0.3) is 0 Å². The fraction of sp³-hybridized carbons (Fsp3) is 0.160. The van der Waals surface area contributed by atoms with Crippen molar-refractivity contribution in [3.05, 3.63) is 102 Å². The first-order valence-electron chi connectivity index (χ1n) is 10.1. The number of halogens is 1. The van der Waals surface area contributed by atoms with Gasteiger partial charge in [0, 0.05) is 34.6 Å². The van der Waals surface area contributed by atoms with E-state index in [-0.39, 0.29) is 12.4 Å². The number of hydrogen-bond donors (Lipinski definition) is 6. The molecule has 0 saturated carbocycles. The molecule has 0 saturated heterocycles. The molecule has 10 heteroatoms. The predicted octanol–water partition coefficient (Wildman–Crippen LogP) is 4.19. The highest BCUT2D eigenvalue weighted by molar-refractivity contribution is 9.12. The quantitative estimate of drug-likeness (QED) is 0.0925. The van der Waals surface area contributed by atoms with Gasteiger partial charge in [0.15, 0.2) is 0 Å². The molecular formula is C25H33BrN6O3. The normalized spacial score (nSPS) is 8.37. The van der Waals surface area contributed by atoms with E-state index in [2.05, 4.69) is 33.1 Å². The monoisotopic (exact) mass is 544 g/mol. The van der Waals surface area contributed by atoms with E-state index in [0.717, 1.165) is 16.8 Å². The minimum atomic E-state index is 0.233. The molecule has 0 amide bonds. The zero-order chi connectivity index (χ0) is 27.2. The number of nitrogens with two attached hydrogens (primary N) is 3. The van der Waals surface area contributed by atoms with Gasteiger partial charge >= 0.3 is 0 Å². The van der Waals surface area contributed by atoms with Gasteiger partial charge in [-0.15, -0.1) is 0 Å². The van der Waals surface area contributed by atoms with E-state index in [1.54, 1.807) is 11.9 Å². The first-order chi connectivity index (χ1) is 17.0. The summed E-state index contributed by atoms with van der Waals surface area (Å²) in [6.07, 6.45) is 1.01. The minimum absolute atomic E-state index is 0.233. The van der Waals surface area contributed by atoms with E-state index in [4.69, 9.17) is 37.5 Å². The van der Waals surface area contributed by atoms with Crippen LogP contribution in [-0.4, -0.2) is 28.0 Å². The summed E-state index contributed by atoms with van der Waals surface area (Å²) in [5.41, 5.74) is 13.6. The number of amidine groups is 1. The van der Waals surface area contributed by atoms with Crippen LogP contribution in [-0.2, 0) is 12.8 Å². The van der Waals surface area contributed by atoms with Crippen LogP contribution < -0.4 is 17.4 Å². The highest BCUT2D eigenvalue weighted by Crippen LogP contribution is 1.99. The van der Waals surface area contributed by atoms with E-state index >= 15 is 0 Å². The van der Waals surface area contributed by atoms with Gasteiger partial charge in [0.1, 0.15) is 10.8 Å². The van der Waals surface area contributed by atoms with Crippen molar-refractivity contribution in [2.75, 3.05) is 12.3 Å². The highest BCUT2D eigenvalue weighted by atomic mass is 79.9. The topological polar surface area (TPSA) is 199 Å². The molecule has 188 valence electrons. The van der Waals surface area contributed by atoms with E-state index in [0.29, 0.717) is 12.8 Å². The molecule has 0 fully saturated rings. The molecule has 0 aliphatic carbocycles. The molecule has 9 N–H and O–H groups in total. The molecule has 0 atom stereocenters.